The zero-order chi connectivity index (χ0) is 28.0. The number of aromatic nitrogens is 2. The number of carbonyl (C=O) groups excluding carboxylic acids is 2. The molecule has 39 heavy (non-hydrogen) atoms. The first-order chi connectivity index (χ1) is 18.7. The van der Waals surface area contributed by atoms with E-state index in [-0.39, 0.29) is 31.6 Å². The van der Waals surface area contributed by atoms with Crippen molar-refractivity contribution < 1.29 is 27.5 Å². The summed E-state index contributed by atoms with van der Waals surface area (Å²) in [6, 6.07) is 20.7. The van der Waals surface area contributed by atoms with Gasteiger partial charge < -0.3 is 9.64 Å². The number of methoxy groups -OCH3 is 1. The SMILES string of the molecule is COCCN(CC(=O)Nc1nc(-c2ccccc2)cn1-c1ccc(C(F)(F)F)cc1)C(=O)c1ccc(C)cc1. The Morgan fingerprint density at radius 3 is 2.26 bits per heavy atom. The molecular formula is C29H27F3N4O3. The predicted molar refractivity (Wildman–Crippen MR) is 142 cm³/mol. The van der Waals surface area contributed by atoms with Gasteiger partial charge in [-0.25, -0.2) is 4.98 Å². The van der Waals surface area contributed by atoms with Crippen LogP contribution in [0.15, 0.2) is 85.1 Å². The molecule has 0 unspecified atom stereocenters. The van der Waals surface area contributed by atoms with E-state index in [0.29, 0.717) is 16.9 Å². The van der Waals surface area contributed by atoms with Crippen molar-refractivity contribution in [2.75, 3.05) is 32.1 Å². The van der Waals surface area contributed by atoms with Crippen LogP contribution in [-0.4, -0.2) is 53.1 Å². The van der Waals surface area contributed by atoms with Gasteiger partial charge in [-0.15, -0.1) is 0 Å². The molecule has 10 heteroatoms. The van der Waals surface area contributed by atoms with E-state index < -0.39 is 17.6 Å². The van der Waals surface area contributed by atoms with Crippen molar-refractivity contribution >= 4 is 17.8 Å². The molecule has 3 aromatic carbocycles. The lowest BCUT2D eigenvalue weighted by molar-refractivity contribution is -0.137. The number of halogens is 3. The van der Waals surface area contributed by atoms with Crippen molar-refractivity contribution in [3.05, 3.63) is 102 Å². The van der Waals surface area contributed by atoms with Gasteiger partial charge in [0.2, 0.25) is 11.9 Å². The van der Waals surface area contributed by atoms with Crippen molar-refractivity contribution in [2.45, 2.75) is 13.1 Å². The second-order valence-corrected chi connectivity index (χ2v) is 8.86. The van der Waals surface area contributed by atoms with Crippen LogP contribution in [0.5, 0.6) is 0 Å². The van der Waals surface area contributed by atoms with Crippen molar-refractivity contribution in [3.63, 3.8) is 0 Å². The minimum absolute atomic E-state index is 0.105. The van der Waals surface area contributed by atoms with Gasteiger partial charge in [-0.2, -0.15) is 13.2 Å². The summed E-state index contributed by atoms with van der Waals surface area (Å²) in [5.41, 5.74) is 2.29. The lowest BCUT2D eigenvalue weighted by Gasteiger charge is -2.22. The predicted octanol–water partition coefficient (Wildman–Crippen LogP) is 5.59. The highest BCUT2D eigenvalue weighted by atomic mass is 19.4. The zero-order valence-electron chi connectivity index (χ0n) is 21.4. The summed E-state index contributed by atoms with van der Waals surface area (Å²) in [6.07, 6.45) is -2.84. The Kier molecular flexibility index (Phi) is 8.46. The molecule has 0 radical (unpaired) electrons. The van der Waals surface area contributed by atoms with E-state index in [0.717, 1.165) is 23.3 Å². The van der Waals surface area contributed by atoms with Gasteiger partial charge in [0, 0.05) is 36.7 Å². The van der Waals surface area contributed by atoms with Crippen LogP contribution >= 0.6 is 0 Å². The molecule has 7 nitrogen and oxygen atoms in total. The second kappa shape index (κ2) is 12.0. The highest BCUT2D eigenvalue weighted by Gasteiger charge is 2.30. The van der Waals surface area contributed by atoms with E-state index in [2.05, 4.69) is 10.3 Å². The number of hydrogen-bond acceptors (Lipinski definition) is 4. The minimum atomic E-state index is -4.48. The topological polar surface area (TPSA) is 76.5 Å². The second-order valence-electron chi connectivity index (χ2n) is 8.86. The van der Waals surface area contributed by atoms with Crippen molar-refractivity contribution in [3.8, 4) is 16.9 Å². The van der Waals surface area contributed by atoms with Crippen LogP contribution in [0, 0.1) is 6.92 Å². The maximum atomic E-state index is 13.1. The summed E-state index contributed by atoms with van der Waals surface area (Å²) in [5, 5.41) is 2.72. The van der Waals surface area contributed by atoms with Crippen LogP contribution in [0.1, 0.15) is 21.5 Å². The van der Waals surface area contributed by atoms with E-state index in [1.54, 1.807) is 18.3 Å². The number of amides is 2. The van der Waals surface area contributed by atoms with Gasteiger partial charge in [0.1, 0.15) is 6.54 Å². The van der Waals surface area contributed by atoms with Gasteiger partial charge in [0.25, 0.3) is 5.91 Å². The average Bonchev–Trinajstić information content (AvgIpc) is 3.34. The number of nitrogens with one attached hydrogen (secondary N) is 1. The van der Waals surface area contributed by atoms with Crippen LogP contribution in [0.3, 0.4) is 0 Å². The first kappa shape index (κ1) is 27.6. The van der Waals surface area contributed by atoms with Gasteiger partial charge in [0.15, 0.2) is 0 Å². The number of carbonyl (C=O) groups is 2. The third-order valence-electron chi connectivity index (χ3n) is 5.99. The lowest BCUT2D eigenvalue weighted by Crippen LogP contribution is -2.40. The summed E-state index contributed by atoms with van der Waals surface area (Å²) >= 11 is 0. The number of nitrogens with zero attached hydrogens (tertiary/aromatic N) is 3. The third kappa shape index (κ3) is 6.91. The standard InChI is InChI=1S/C29H27F3N4O3/c1-20-8-10-22(11-9-20)27(38)35(16-17-39-2)19-26(37)34-28-33-25(21-6-4-3-5-7-21)18-36(28)24-14-12-23(13-15-24)29(30,31)32/h3-15,18H,16-17,19H2,1-2H3,(H,33,34,37). The summed E-state index contributed by atoms with van der Waals surface area (Å²) in [4.78, 5) is 32.2. The summed E-state index contributed by atoms with van der Waals surface area (Å²) in [7, 11) is 1.50. The maximum Gasteiger partial charge on any atom is 0.416 e. The molecule has 1 heterocycles. The number of rotatable bonds is 9. The fraction of sp³-hybridized carbons (Fsp3) is 0.207. The van der Waals surface area contributed by atoms with Crippen molar-refractivity contribution in [2.24, 2.45) is 0 Å². The molecule has 0 bridgehead atoms. The van der Waals surface area contributed by atoms with Gasteiger partial charge in [0.05, 0.1) is 17.9 Å². The van der Waals surface area contributed by atoms with Crippen LogP contribution < -0.4 is 5.32 Å². The molecule has 4 aromatic rings. The smallest absolute Gasteiger partial charge is 0.383 e. The number of imidazole rings is 1. The van der Waals surface area contributed by atoms with Crippen molar-refractivity contribution in [1.29, 1.82) is 0 Å². The first-order valence-electron chi connectivity index (χ1n) is 12.1. The van der Waals surface area contributed by atoms with E-state index in [1.807, 2.05) is 49.4 Å². The number of hydrogen-bond donors (Lipinski definition) is 1. The third-order valence-corrected chi connectivity index (χ3v) is 5.99. The molecule has 0 spiro atoms. The van der Waals surface area contributed by atoms with E-state index in [4.69, 9.17) is 4.74 Å². The Balaban J connectivity index is 1.61. The van der Waals surface area contributed by atoms with Crippen LogP contribution in [0.25, 0.3) is 16.9 Å². The Hall–Kier alpha value is -4.44. The molecule has 0 atom stereocenters. The first-order valence-corrected chi connectivity index (χ1v) is 12.1. The maximum absolute atomic E-state index is 13.1. The Labute approximate surface area is 223 Å². The average molecular weight is 537 g/mol. The molecule has 0 fully saturated rings. The highest BCUT2D eigenvalue weighted by molar-refractivity contribution is 5.99. The monoisotopic (exact) mass is 536 g/mol. The molecule has 4 rings (SSSR count). The minimum Gasteiger partial charge on any atom is -0.383 e. The Morgan fingerprint density at radius 1 is 0.974 bits per heavy atom. The Morgan fingerprint density at radius 2 is 1.64 bits per heavy atom. The molecule has 0 aliphatic carbocycles. The quantitative estimate of drug-likeness (QED) is 0.303. The molecule has 202 valence electrons. The fourth-order valence-electron chi connectivity index (χ4n) is 3.89. The zero-order valence-corrected chi connectivity index (χ0v) is 21.4. The molecule has 0 saturated heterocycles. The normalized spacial score (nSPS) is 11.3. The molecule has 0 saturated carbocycles. The number of anilines is 1. The molecule has 0 aliphatic heterocycles. The number of alkyl halides is 3. The van der Waals surface area contributed by atoms with Gasteiger partial charge in [-0.3, -0.25) is 19.5 Å². The fourth-order valence-corrected chi connectivity index (χ4v) is 3.89. The number of benzene rings is 3. The van der Waals surface area contributed by atoms with Gasteiger partial charge in [-0.1, -0.05) is 48.0 Å². The highest BCUT2D eigenvalue weighted by Crippen LogP contribution is 2.31. The summed E-state index contributed by atoms with van der Waals surface area (Å²) in [6.45, 7) is 2.03. The van der Waals surface area contributed by atoms with Crippen LogP contribution in [-0.2, 0) is 15.7 Å². The summed E-state index contributed by atoms with van der Waals surface area (Å²) in [5.74, 6) is -0.753. The van der Waals surface area contributed by atoms with Crippen LogP contribution in [0.2, 0.25) is 0 Å². The Bertz CT molecular complexity index is 1420. The van der Waals surface area contributed by atoms with Crippen molar-refractivity contribution in [1.82, 2.24) is 14.5 Å². The molecule has 1 N–H and O–H groups in total. The molecule has 2 amide bonds. The van der Waals surface area contributed by atoms with E-state index in [1.165, 1.54) is 28.7 Å². The van der Waals surface area contributed by atoms with E-state index >= 15 is 0 Å². The number of aryl methyl sites for hydroxylation is 1. The largest absolute Gasteiger partial charge is 0.416 e. The number of ether oxygens (including phenoxy) is 1. The van der Waals surface area contributed by atoms with E-state index in [9.17, 15) is 22.8 Å². The molecule has 1 aromatic heterocycles. The van der Waals surface area contributed by atoms with Crippen LogP contribution in [0.4, 0.5) is 19.1 Å². The van der Waals surface area contributed by atoms with Gasteiger partial charge in [-0.05, 0) is 43.3 Å². The molecule has 0 aliphatic rings. The molecular weight excluding hydrogens is 509 g/mol. The summed E-state index contributed by atoms with van der Waals surface area (Å²) < 4.78 is 45.9. The van der Waals surface area contributed by atoms with Gasteiger partial charge >= 0.3 is 6.18 Å². The lowest BCUT2D eigenvalue weighted by atomic mass is 10.1.